The van der Waals surface area contributed by atoms with Gasteiger partial charge in [-0.15, -0.1) is 11.3 Å². The third kappa shape index (κ3) is 2.75. The summed E-state index contributed by atoms with van der Waals surface area (Å²) in [6, 6.07) is 5.70. The first-order valence-electron chi connectivity index (χ1n) is 9.70. The molecule has 6 nitrogen and oxygen atoms in total. The van der Waals surface area contributed by atoms with Crippen molar-refractivity contribution in [2.75, 3.05) is 19.7 Å². The molecule has 4 atom stereocenters. The van der Waals surface area contributed by atoms with Crippen LogP contribution < -0.4 is 0 Å². The lowest BCUT2D eigenvalue weighted by Gasteiger charge is -2.56. The van der Waals surface area contributed by atoms with Crippen molar-refractivity contribution in [2.24, 2.45) is 11.8 Å². The Kier molecular flexibility index (Phi) is 4.16. The molecule has 3 aliphatic rings. The van der Waals surface area contributed by atoms with E-state index in [1.165, 1.54) is 0 Å². The maximum atomic E-state index is 13.2. The number of rotatable bonds is 2. The maximum Gasteiger partial charge on any atom is 0.253 e. The molecule has 3 aliphatic heterocycles. The maximum absolute atomic E-state index is 13.2. The third-order valence-electron chi connectivity index (χ3n) is 6.55. The summed E-state index contributed by atoms with van der Waals surface area (Å²) in [7, 11) is 0. The van der Waals surface area contributed by atoms with Crippen LogP contribution in [-0.4, -0.2) is 63.5 Å². The van der Waals surface area contributed by atoms with Crippen molar-refractivity contribution in [3.05, 3.63) is 29.3 Å². The highest BCUT2D eigenvalue weighted by Crippen LogP contribution is 2.41. The van der Waals surface area contributed by atoms with Gasteiger partial charge in [0.15, 0.2) is 0 Å². The average molecular weight is 385 g/mol. The number of likely N-dealkylation sites (tertiary alicyclic amines) is 1. The van der Waals surface area contributed by atoms with Gasteiger partial charge in [-0.3, -0.25) is 9.59 Å². The SMILES string of the molecule is O=C(c1ccc2ncsc2c1)N1C[C@H]2C[C@@H](C1)[C@H](CO)N1C(=O)CCC[C@@H]21. The van der Waals surface area contributed by atoms with Crippen molar-refractivity contribution in [1.82, 2.24) is 14.8 Å². The van der Waals surface area contributed by atoms with Gasteiger partial charge in [-0.05, 0) is 49.3 Å². The number of nitrogens with zero attached hydrogens (tertiary/aromatic N) is 3. The zero-order chi connectivity index (χ0) is 18.5. The minimum Gasteiger partial charge on any atom is -0.394 e. The predicted octanol–water partition coefficient (Wildman–Crippen LogP) is 2.13. The molecule has 0 radical (unpaired) electrons. The molecule has 3 saturated heterocycles. The van der Waals surface area contributed by atoms with Crippen LogP contribution in [0.1, 0.15) is 36.0 Å². The number of carbonyl (C=O) groups excluding carboxylic acids is 2. The van der Waals surface area contributed by atoms with Gasteiger partial charge < -0.3 is 14.9 Å². The summed E-state index contributed by atoms with van der Waals surface area (Å²) >= 11 is 1.54. The van der Waals surface area contributed by atoms with E-state index in [-0.39, 0.29) is 36.4 Å². The number of hydrogen-bond donors (Lipinski definition) is 1. The molecule has 0 aliphatic carbocycles. The van der Waals surface area contributed by atoms with E-state index in [0.717, 1.165) is 29.5 Å². The van der Waals surface area contributed by atoms with Crippen LogP contribution in [0.3, 0.4) is 0 Å². The molecule has 5 rings (SSSR count). The summed E-state index contributed by atoms with van der Waals surface area (Å²) in [5.41, 5.74) is 3.41. The van der Waals surface area contributed by atoms with Crippen molar-refractivity contribution < 1.29 is 14.7 Å². The molecule has 27 heavy (non-hydrogen) atoms. The van der Waals surface area contributed by atoms with E-state index < -0.39 is 0 Å². The number of amides is 2. The highest BCUT2D eigenvalue weighted by Gasteiger charge is 2.49. The number of fused-ring (bicyclic) bond motifs is 5. The van der Waals surface area contributed by atoms with Crippen LogP contribution >= 0.6 is 11.3 Å². The number of thiazole rings is 1. The lowest BCUT2D eigenvalue weighted by atomic mass is 9.72. The molecule has 3 fully saturated rings. The molecule has 0 unspecified atom stereocenters. The topological polar surface area (TPSA) is 73.7 Å². The van der Waals surface area contributed by atoms with Gasteiger partial charge in [-0.25, -0.2) is 4.98 Å². The summed E-state index contributed by atoms with van der Waals surface area (Å²) < 4.78 is 1.02. The fourth-order valence-corrected chi connectivity index (χ4v) is 6.06. The fraction of sp³-hybridized carbons (Fsp3) is 0.550. The first-order valence-corrected chi connectivity index (χ1v) is 10.6. The van der Waals surface area contributed by atoms with Crippen LogP contribution in [0, 0.1) is 11.8 Å². The second-order valence-electron chi connectivity index (χ2n) is 8.01. The van der Waals surface area contributed by atoms with E-state index in [1.54, 1.807) is 16.8 Å². The summed E-state index contributed by atoms with van der Waals surface area (Å²) in [4.78, 5) is 33.9. The van der Waals surface area contributed by atoms with Crippen molar-refractivity contribution in [2.45, 2.75) is 37.8 Å². The fourth-order valence-electron chi connectivity index (χ4n) is 5.35. The number of carbonyl (C=O) groups is 2. The van der Waals surface area contributed by atoms with Gasteiger partial charge >= 0.3 is 0 Å². The Balaban J connectivity index is 1.42. The third-order valence-corrected chi connectivity index (χ3v) is 7.34. The number of aliphatic hydroxyl groups excluding tert-OH is 1. The van der Waals surface area contributed by atoms with E-state index in [4.69, 9.17) is 0 Å². The van der Waals surface area contributed by atoms with Crippen LogP contribution in [0.5, 0.6) is 0 Å². The number of aromatic nitrogens is 1. The van der Waals surface area contributed by atoms with Crippen molar-refractivity contribution in [3.8, 4) is 0 Å². The van der Waals surface area contributed by atoms with Gasteiger partial charge in [0.05, 0.1) is 28.4 Å². The number of piperidine rings is 3. The Labute approximate surface area is 161 Å². The normalized spacial score (nSPS) is 30.5. The molecular weight excluding hydrogens is 362 g/mol. The van der Waals surface area contributed by atoms with Gasteiger partial charge in [-0.1, -0.05) is 0 Å². The van der Waals surface area contributed by atoms with Crippen LogP contribution in [0.25, 0.3) is 10.2 Å². The minimum absolute atomic E-state index is 0.0194. The molecule has 142 valence electrons. The largest absolute Gasteiger partial charge is 0.394 e. The molecular formula is C20H23N3O3S. The molecule has 2 bridgehead atoms. The zero-order valence-electron chi connectivity index (χ0n) is 15.1. The number of benzene rings is 1. The number of hydrogen-bond acceptors (Lipinski definition) is 5. The minimum atomic E-state index is -0.154. The molecule has 2 aromatic rings. The Morgan fingerprint density at radius 3 is 3.00 bits per heavy atom. The summed E-state index contributed by atoms with van der Waals surface area (Å²) in [5.74, 6) is 0.692. The highest BCUT2D eigenvalue weighted by molar-refractivity contribution is 7.16. The summed E-state index contributed by atoms with van der Waals surface area (Å²) in [6.45, 7) is 1.29. The molecule has 1 N–H and O–H groups in total. The van der Waals surface area contributed by atoms with Gasteiger partial charge in [0.2, 0.25) is 5.91 Å². The quantitative estimate of drug-likeness (QED) is 0.860. The van der Waals surface area contributed by atoms with E-state index in [1.807, 2.05) is 28.0 Å². The van der Waals surface area contributed by atoms with Gasteiger partial charge in [-0.2, -0.15) is 0 Å². The lowest BCUT2D eigenvalue weighted by molar-refractivity contribution is -0.154. The van der Waals surface area contributed by atoms with Gasteiger partial charge in [0, 0.05) is 31.1 Å². The highest BCUT2D eigenvalue weighted by atomic mass is 32.1. The molecule has 1 aromatic carbocycles. The standard InChI is InChI=1S/C20H23N3O3S/c24-10-17-14-6-13(16-2-1-3-19(25)23(16)17)8-22(9-14)20(26)12-4-5-15-18(7-12)27-11-21-15/h4-5,7,11,13-14,16-17,24H,1-3,6,8-10H2/t13-,14+,16+,17+/m1/s1. The smallest absolute Gasteiger partial charge is 0.253 e. The van der Waals surface area contributed by atoms with Crippen LogP contribution in [0.2, 0.25) is 0 Å². The Morgan fingerprint density at radius 2 is 2.15 bits per heavy atom. The molecule has 1 aromatic heterocycles. The number of aliphatic hydroxyl groups is 1. The summed E-state index contributed by atoms with van der Waals surface area (Å²) in [5, 5.41) is 9.99. The molecule has 2 amide bonds. The molecule has 0 saturated carbocycles. The van der Waals surface area contributed by atoms with Gasteiger partial charge in [0.25, 0.3) is 5.91 Å². The second-order valence-corrected chi connectivity index (χ2v) is 8.90. The monoisotopic (exact) mass is 385 g/mol. The van der Waals surface area contributed by atoms with E-state index in [0.29, 0.717) is 31.0 Å². The van der Waals surface area contributed by atoms with Crippen LogP contribution in [0.15, 0.2) is 23.7 Å². The molecule has 7 heteroatoms. The van der Waals surface area contributed by atoms with E-state index >= 15 is 0 Å². The van der Waals surface area contributed by atoms with Crippen molar-refractivity contribution >= 4 is 33.4 Å². The van der Waals surface area contributed by atoms with Crippen LogP contribution in [-0.2, 0) is 4.79 Å². The van der Waals surface area contributed by atoms with Crippen molar-refractivity contribution in [3.63, 3.8) is 0 Å². The van der Waals surface area contributed by atoms with E-state index in [2.05, 4.69) is 4.98 Å². The Bertz CT molecular complexity index is 883. The average Bonchev–Trinajstić information content (AvgIpc) is 3.16. The second kappa shape index (κ2) is 6.56. The predicted molar refractivity (Wildman–Crippen MR) is 102 cm³/mol. The first kappa shape index (κ1) is 17.1. The van der Waals surface area contributed by atoms with Crippen LogP contribution in [0.4, 0.5) is 0 Å². The Morgan fingerprint density at radius 1 is 1.30 bits per heavy atom. The lowest BCUT2D eigenvalue weighted by Crippen LogP contribution is -2.66. The first-order chi connectivity index (χ1) is 13.2. The van der Waals surface area contributed by atoms with E-state index in [9.17, 15) is 14.7 Å². The Hall–Kier alpha value is -1.99. The zero-order valence-corrected chi connectivity index (χ0v) is 15.9. The molecule has 4 heterocycles. The van der Waals surface area contributed by atoms with Gasteiger partial charge in [0.1, 0.15) is 0 Å². The van der Waals surface area contributed by atoms with Crippen molar-refractivity contribution in [1.29, 1.82) is 0 Å². The molecule has 0 spiro atoms. The summed E-state index contributed by atoms with van der Waals surface area (Å²) in [6.07, 6.45) is 3.48.